The van der Waals surface area contributed by atoms with Gasteiger partial charge in [0.05, 0.1) is 37.1 Å². The third kappa shape index (κ3) is 4.32. The fourth-order valence-corrected chi connectivity index (χ4v) is 3.85. The van der Waals surface area contributed by atoms with E-state index in [0.717, 1.165) is 16.8 Å². The van der Waals surface area contributed by atoms with Gasteiger partial charge in [-0.05, 0) is 29.7 Å². The first-order chi connectivity index (χ1) is 15.1. The zero-order valence-corrected chi connectivity index (χ0v) is 17.9. The number of benzene rings is 1. The number of pyridine rings is 1. The Morgan fingerprint density at radius 2 is 2.26 bits per heavy atom. The average molecular weight is 419 g/mol. The standard InChI is InChI=1S/C23H26N6O2/c1-15(17-12-28-29(2)14-17)11-27-21(18-7-5-9-25-23(18)30-3)20-13-26-19-8-4-6-16(10-24)22(19)31-20/h4-9,12,14-15,20-21,26-27H,11,13H2,1-3H3/t15?,20-,21-/m1/s1. The summed E-state index contributed by atoms with van der Waals surface area (Å²) in [6.07, 6.45) is 5.36. The Labute approximate surface area is 181 Å². The van der Waals surface area contributed by atoms with Crippen LogP contribution in [-0.2, 0) is 7.05 Å². The Balaban J connectivity index is 1.62. The molecule has 2 aromatic heterocycles. The number of methoxy groups -OCH3 is 1. The maximum absolute atomic E-state index is 9.51. The second-order valence-corrected chi connectivity index (χ2v) is 7.67. The van der Waals surface area contributed by atoms with Gasteiger partial charge in [0.1, 0.15) is 12.2 Å². The van der Waals surface area contributed by atoms with Crippen molar-refractivity contribution < 1.29 is 9.47 Å². The molecular weight excluding hydrogens is 392 g/mol. The predicted molar refractivity (Wildman–Crippen MR) is 117 cm³/mol. The number of hydrogen-bond donors (Lipinski definition) is 2. The van der Waals surface area contributed by atoms with Crippen LogP contribution >= 0.6 is 0 Å². The van der Waals surface area contributed by atoms with E-state index in [4.69, 9.17) is 9.47 Å². The lowest BCUT2D eigenvalue weighted by molar-refractivity contribution is 0.153. The molecule has 4 rings (SSSR count). The van der Waals surface area contributed by atoms with Gasteiger partial charge in [-0.15, -0.1) is 0 Å². The zero-order valence-electron chi connectivity index (χ0n) is 17.9. The van der Waals surface area contributed by atoms with Gasteiger partial charge < -0.3 is 20.1 Å². The maximum atomic E-state index is 9.51. The molecule has 8 nitrogen and oxygen atoms in total. The Kier molecular flexibility index (Phi) is 6.05. The predicted octanol–water partition coefficient (Wildman–Crippen LogP) is 3.00. The lowest BCUT2D eigenvalue weighted by Gasteiger charge is -2.35. The minimum absolute atomic E-state index is 0.199. The maximum Gasteiger partial charge on any atom is 0.217 e. The van der Waals surface area contributed by atoms with Crippen LogP contribution in [0.25, 0.3) is 0 Å². The first-order valence-corrected chi connectivity index (χ1v) is 10.2. The van der Waals surface area contributed by atoms with E-state index in [2.05, 4.69) is 33.7 Å². The molecule has 31 heavy (non-hydrogen) atoms. The van der Waals surface area contributed by atoms with Crippen LogP contribution < -0.4 is 20.1 Å². The molecule has 1 unspecified atom stereocenters. The first-order valence-electron chi connectivity index (χ1n) is 10.2. The number of nitriles is 1. The highest BCUT2D eigenvalue weighted by Gasteiger charge is 2.32. The molecule has 1 aliphatic rings. The molecular formula is C23H26N6O2. The molecule has 8 heteroatoms. The van der Waals surface area contributed by atoms with Crippen molar-refractivity contribution in [3.05, 3.63) is 65.6 Å². The molecule has 3 atom stereocenters. The van der Waals surface area contributed by atoms with Crippen LogP contribution in [0.3, 0.4) is 0 Å². The minimum atomic E-state index is -0.263. The number of ether oxygens (including phenoxy) is 2. The summed E-state index contributed by atoms with van der Waals surface area (Å²) in [5.41, 5.74) is 3.41. The molecule has 3 aromatic rings. The van der Waals surface area contributed by atoms with Gasteiger partial charge in [-0.25, -0.2) is 4.98 Å². The smallest absolute Gasteiger partial charge is 0.217 e. The van der Waals surface area contributed by atoms with Gasteiger partial charge in [-0.1, -0.05) is 19.1 Å². The molecule has 0 fully saturated rings. The van der Waals surface area contributed by atoms with Crippen LogP contribution in [0.5, 0.6) is 11.6 Å². The van der Waals surface area contributed by atoms with E-state index < -0.39 is 0 Å². The third-order valence-corrected chi connectivity index (χ3v) is 5.54. The molecule has 0 radical (unpaired) electrons. The molecule has 0 spiro atoms. The molecule has 2 N–H and O–H groups in total. The Morgan fingerprint density at radius 1 is 1.39 bits per heavy atom. The van der Waals surface area contributed by atoms with E-state index in [0.29, 0.717) is 30.3 Å². The van der Waals surface area contributed by atoms with Gasteiger partial charge in [0.25, 0.3) is 0 Å². The number of aromatic nitrogens is 3. The number of nitrogens with zero attached hydrogens (tertiary/aromatic N) is 4. The Morgan fingerprint density at radius 3 is 3.00 bits per heavy atom. The van der Waals surface area contributed by atoms with Gasteiger partial charge in [0, 0.05) is 31.5 Å². The zero-order chi connectivity index (χ0) is 21.8. The molecule has 1 aliphatic heterocycles. The summed E-state index contributed by atoms with van der Waals surface area (Å²) < 4.78 is 13.7. The summed E-state index contributed by atoms with van der Waals surface area (Å²) in [6, 6.07) is 11.4. The highest BCUT2D eigenvalue weighted by Crippen LogP contribution is 2.37. The van der Waals surface area contributed by atoms with Crippen LogP contribution in [-0.4, -0.2) is 41.1 Å². The van der Waals surface area contributed by atoms with E-state index in [-0.39, 0.29) is 18.1 Å². The van der Waals surface area contributed by atoms with E-state index in [9.17, 15) is 5.26 Å². The SMILES string of the molecule is COc1ncccc1[C@@H](NCC(C)c1cnn(C)c1)[C@H]1CNc2cccc(C#N)c2O1. The topological polar surface area (TPSA) is 97.0 Å². The van der Waals surface area contributed by atoms with Gasteiger partial charge in [-0.2, -0.15) is 10.4 Å². The molecule has 0 saturated carbocycles. The minimum Gasteiger partial charge on any atom is -0.483 e. The Bertz CT molecular complexity index is 1090. The molecule has 0 aliphatic carbocycles. The second kappa shape index (κ2) is 9.06. The van der Waals surface area contributed by atoms with Crippen molar-refractivity contribution in [2.24, 2.45) is 7.05 Å². The quantitative estimate of drug-likeness (QED) is 0.609. The van der Waals surface area contributed by atoms with Crippen molar-refractivity contribution in [3.8, 4) is 17.7 Å². The number of para-hydroxylation sites is 1. The van der Waals surface area contributed by atoms with Gasteiger partial charge in [0.15, 0.2) is 5.75 Å². The van der Waals surface area contributed by atoms with E-state index in [1.165, 1.54) is 0 Å². The lowest BCUT2D eigenvalue weighted by atomic mass is 9.98. The van der Waals surface area contributed by atoms with Crippen molar-refractivity contribution in [2.75, 3.05) is 25.5 Å². The number of fused-ring (bicyclic) bond motifs is 1. The number of anilines is 1. The molecule has 0 bridgehead atoms. The fourth-order valence-electron chi connectivity index (χ4n) is 3.85. The molecule has 160 valence electrons. The number of hydrogen-bond acceptors (Lipinski definition) is 7. The first kappa shape index (κ1) is 20.7. The highest BCUT2D eigenvalue weighted by atomic mass is 16.5. The van der Waals surface area contributed by atoms with Crippen LogP contribution in [0, 0.1) is 11.3 Å². The second-order valence-electron chi connectivity index (χ2n) is 7.67. The largest absolute Gasteiger partial charge is 0.483 e. The normalized spacial score (nSPS) is 16.9. The van der Waals surface area contributed by atoms with Gasteiger partial charge in [0.2, 0.25) is 5.88 Å². The third-order valence-electron chi connectivity index (χ3n) is 5.54. The van der Waals surface area contributed by atoms with Crippen LogP contribution in [0.1, 0.15) is 35.6 Å². The van der Waals surface area contributed by atoms with Crippen LogP contribution in [0.4, 0.5) is 5.69 Å². The van der Waals surface area contributed by atoms with E-state index >= 15 is 0 Å². The van der Waals surface area contributed by atoms with E-state index in [1.807, 2.05) is 48.4 Å². The van der Waals surface area contributed by atoms with Crippen molar-refractivity contribution in [1.82, 2.24) is 20.1 Å². The summed E-state index contributed by atoms with van der Waals surface area (Å²) in [7, 11) is 3.53. The summed E-state index contributed by atoms with van der Waals surface area (Å²) in [5.74, 6) is 1.38. The average Bonchev–Trinajstić information content (AvgIpc) is 3.25. The summed E-state index contributed by atoms with van der Waals surface area (Å²) in [6.45, 7) is 3.45. The van der Waals surface area contributed by atoms with Gasteiger partial charge >= 0.3 is 0 Å². The van der Waals surface area contributed by atoms with Crippen molar-refractivity contribution in [2.45, 2.75) is 25.0 Å². The number of nitrogens with one attached hydrogen (secondary N) is 2. The molecule has 0 amide bonds. The summed E-state index contributed by atoms with van der Waals surface area (Å²) in [4.78, 5) is 4.38. The van der Waals surface area contributed by atoms with Crippen LogP contribution in [0.2, 0.25) is 0 Å². The number of rotatable bonds is 7. The molecule has 0 saturated heterocycles. The van der Waals surface area contributed by atoms with Crippen molar-refractivity contribution >= 4 is 5.69 Å². The van der Waals surface area contributed by atoms with Gasteiger partial charge in [-0.3, -0.25) is 4.68 Å². The summed E-state index contributed by atoms with van der Waals surface area (Å²) >= 11 is 0. The van der Waals surface area contributed by atoms with E-state index in [1.54, 1.807) is 19.4 Å². The Hall–Kier alpha value is -3.57. The molecule has 3 heterocycles. The number of aryl methyl sites for hydroxylation is 1. The van der Waals surface area contributed by atoms with Crippen LogP contribution in [0.15, 0.2) is 48.9 Å². The monoisotopic (exact) mass is 418 g/mol. The highest BCUT2D eigenvalue weighted by molar-refractivity contribution is 5.65. The fraction of sp³-hybridized carbons (Fsp3) is 0.348. The van der Waals surface area contributed by atoms with Crippen molar-refractivity contribution in [1.29, 1.82) is 5.26 Å². The lowest BCUT2D eigenvalue weighted by Crippen LogP contribution is -2.43. The molecule has 1 aromatic carbocycles. The van der Waals surface area contributed by atoms with Crippen molar-refractivity contribution in [3.63, 3.8) is 0 Å². The summed E-state index contributed by atoms with van der Waals surface area (Å²) in [5, 5.41) is 20.8.